The van der Waals surface area contributed by atoms with E-state index in [4.69, 9.17) is 0 Å². The highest BCUT2D eigenvalue weighted by Gasteiger charge is 2.37. The van der Waals surface area contributed by atoms with E-state index in [2.05, 4.69) is 10.6 Å². The van der Waals surface area contributed by atoms with E-state index < -0.39 is 16.8 Å². The highest BCUT2D eigenvalue weighted by atomic mass is 19.1. The molecule has 0 spiro atoms. The van der Waals surface area contributed by atoms with Gasteiger partial charge < -0.3 is 10.6 Å². The summed E-state index contributed by atoms with van der Waals surface area (Å²) in [6.07, 6.45) is 1.89. The Hall–Kier alpha value is -2.02. The van der Waals surface area contributed by atoms with Crippen molar-refractivity contribution < 1.29 is 14.1 Å². The molecule has 1 aliphatic heterocycles. The number of non-ortho nitro benzene ring substituents is 1. The number of carbonyl (C=O) groups is 1. The molecule has 0 saturated carbocycles. The van der Waals surface area contributed by atoms with Crippen molar-refractivity contribution in [3.05, 3.63) is 34.1 Å². The smallest absolute Gasteiger partial charge is 0.272 e. The first-order chi connectivity index (χ1) is 9.81. The van der Waals surface area contributed by atoms with Crippen LogP contribution in [0.1, 0.15) is 26.7 Å². The van der Waals surface area contributed by atoms with Crippen molar-refractivity contribution in [1.82, 2.24) is 5.32 Å². The third kappa shape index (κ3) is 3.36. The molecular weight excluding hydrogens is 277 g/mol. The van der Waals surface area contributed by atoms with Gasteiger partial charge in [-0.25, -0.2) is 4.39 Å². The monoisotopic (exact) mass is 295 g/mol. The number of nitro groups is 1. The molecule has 0 aliphatic carbocycles. The molecule has 1 aromatic rings. The second-order valence-electron chi connectivity index (χ2n) is 5.89. The lowest BCUT2D eigenvalue weighted by Crippen LogP contribution is -2.53. The molecule has 7 heteroatoms. The normalized spacial score (nSPS) is 20.8. The summed E-state index contributed by atoms with van der Waals surface area (Å²) in [5.74, 6) is -1.14. The van der Waals surface area contributed by atoms with Gasteiger partial charge >= 0.3 is 0 Å². The van der Waals surface area contributed by atoms with E-state index in [1.807, 2.05) is 13.8 Å². The van der Waals surface area contributed by atoms with Crippen molar-refractivity contribution in [3.8, 4) is 0 Å². The minimum Gasteiger partial charge on any atom is -0.322 e. The van der Waals surface area contributed by atoms with Crippen molar-refractivity contribution in [2.45, 2.75) is 32.7 Å². The molecule has 1 fully saturated rings. The molecule has 1 amide bonds. The molecule has 21 heavy (non-hydrogen) atoms. The number of benzene rings is 1. The Balaban J connectivity index is 2.14. The minimum atomic E-state index is -0.814. The number of hydrogen-bond donors (Lipinski definition) is 2. The largest absolute Gasteiger partial charge is 0.322 e. The first-order valence-electron chi connectivity index (χ1n) is 6.79. The maximum Gasteiger partial charge on any atom is 0.272 e. The van der Waals surface area contributed by atoms with Crippen LogP contribution in [0.25, 0.3) is 0 Å². The van der Waals surface area contributed by atoms with Crippen LogP contribution >= 0.6 is 0 Å². The number of hydrogen-bond acceptors (Lipinski definition) is 4. The summed E-state index contributed by atoms with van der Waals surface area (Å²) in [4.78, 5) is 22.2. The molecule has 0 aromatic heterocycles. The van der Waals surface area contributed by atoms with E-state index >= 15 is 0 Å². The van der Waals surface area contributed by atoms with E-state index in [9.17, 15) is 19.3 Å². The van der Waals surface area contributed by atoms with Gasteiger partial charge in [-0.05, 0) is 30.9 Å². The molecule has 1 atom stereocenters. The van der Waals surface area contributed by atoms with Crippen LogP contribution in [0.3, 0.4) is 0 Å². The van der Waals surface area contributed by atoms with Crippen LogP contribution in [0, 0.1) is 21.3 Å². The minimum absolute atomic E-state index is 0.0474. The molecule has 114 valence electrons. The molecule has 2 N–H and O–H groups in total. The first kappa shape index (κ1) is 15.4. The second-order valence-corrected chi connectivity index (χ2v) is 5.89. The van der Waals surface area contributed by atoms with Crippen molar-refractivity contribution in [1.29, 1.82) is 0 Å². The summed E-state index contributed by atoms with van der Waals surface area (Å²) in [5, 5.41) is 16.2. The standard InChI is InChI=1S/C14H18FN3O3/c1-14(2)6-3-7-16-12(14)13(19)17-11-5-4-9(18(20)21)8-10(11)15/h4-5,8,12,16H,3,6-7H2,1-2H3,(H,17,19). The van der Waals surface area contributed by atoms with E-state index in [0.29, 0.717) is 0 Å². The van der Waals surface area contributed by atoms with Gasteiger partial charge in [-0.1, -0.05) is 13.8 Å². The summed E-state index contributed by atoms with van der Waals surface area (Å²) in [7, 11) is 0. The topological polar surface area (TPSA) is 84.3 Å². The summed E-state index contributed by atoms with van der Waals surface area (Å²) < 4.78 is 13.8. The molecule has 1 aliphatic rings. The predicted molar refractivity (Wildman–Crippen MR) is 76.5 cm³/mol. The van der Waals surface area contributed by atoms with Crippen LogP contribution in [0.5, 0.6) is 0 Å². The maximum absolute atomic E-state index is 13.8. The number of piperidine rings is 1. The average Bonchev–Trinajstić information content (AvgIpc) is 2.40. The summed E-state index contributed by atoms with van der Waals surface area (Å²) >= 11 is 0. The highest BCUT2D eigenvalue weighted by molar-refractivity contribution is 5.95. The van der Waals surface area contributed by atoms with Crippen LogP contribution in [-0.4, -0.2) is 23.4 Å². The number of anilines is 1. The Morgan fingerprint density at radius 1 is 1.52 bits per heavy atom. The van der Waals surface area contributed by atoms with Gasteiger partial charge in [0.2, 0.25) is 5.91 Å². The zero-order valence-corrected chi connectivity index (χ0v) is 12.0. The molecule has 1 saturated heterocycles. The van der Waals surface area contributed by atoms with Gasteiger partial charge in [-0.15, -0.1) is 0 Å². The van der Waals surface area contributed by atoms with E-state index in [0.717, 1.165) is 31.5 Å². The summed E-state index contributed by atoms with van der Waals surface area (Å²) in [6.45, 7) is 4.70. The van der Waals surface area contributed by atoms with Gasteiger partial charge in [0, 0.05) is 6.07 Å². The maximum atomic E-state index is 13.8. The van der Waals surface area contributed by atoms with E-state index in [-0.39, 0.29) is 22.7 Å². The lowest BCUT2D eigenvalue weighted by Gasteiger charge is -2.38. The first-order valence-corrected chi connectivity index (χ1v) is 6.79. The number of halogens is 1. The third-order valence-corrected chi connectivity index (χ3v) is 3.81. The van der Waals surface area contributed by atoms with Crippen molar-refractivity contribution in [2.75, 3.05) is 11.9 Å². The molecule has 1 unspecified atom stereocenters. The van der Waals surface area contributed by atoms with Crippen molar-refractivity contribution in [2.24, 2.45) is 5.41 Å². The summed E-state index contributed by atoms with van der Waals surface area (Å²) in [5.41, 5.74) is -0.616. The third-order valence-electron chi connectivity index (χ3n) is 3.81. The fraction of sp³-hybridized carbons (Fsp3) is 0.500. The lowest BCUT2D eigenvalue weighted by molar-refractivity contribution is -0.385. The molecule has 0 bridgehead atoms. The quantitative estimate of drug-likeness (QED) is 0.662. The fourth-order valence-corrected chi connectivity index (χ4v) is 2.58. The zero-order chi connectivity index (χ0) is 15.6. The van der Waals surface area contributed by atoms with Crippen LogP contribution in [-0.2, 0) is 4.79 Å². The van der Waals surface area contributed by atoms with Crippen LogP contribution in [0.2, 0.25) is 0 Å². The average molecular weight is 295 g/mol. The number of carbonyl (C=O) groups excluding carboxylic acids is 1. The Bertz CT molecular complexity index is 575. The SMILES string of the molecule is CC1(C)CCCNC1C(=O)Nc1ccc([N+](=O)[O-])cc1F. The predicted octanol–water partition coefficient (Wildman–Crippen LogP) is 2.45. The van der Waals surface area contributed by atoms with Crippen molar-refractivity contribution in [3.63, 3.8) is 0 Å². The number of rotatable bonds is 3. The molecule has 6 nitrogen and oxygen atoms in total. The molecule has 1 heterocycles. The van der Waals surface area contributed by atoms with Gasteiger partial charge in [0.25, 0.3) is 5.69 Å². The Morgan fingerprint density at radius 2 is 2.24 bits per heavy atom. The Morgan fingerprint density at radius 3 is 2.81 bits per heavy atom. The molecular formula is C14H18FN3O3. The van der Waals surface area contributed by atoms with Gasteiger partial charge in [-0.3, -0.25) is 14.9 Å². The van der Waals surface area contributed by atoms with Crippen LogP contribution < -0.4 is 10.6 Å². The highest BCUT2D eigenvalue weighted by Crippen LogP contribution is 2.31. The molecule has 1 aromatic carbocycles. The van der Waals surface area contributed by atoms with Gasteiger partial charge in [0.15, 0.2) is 5.82 Å². The van der Waals surface area contributed by atoms with Gasteiger partial charge in [0.1, 0.15) is 0 Å². The summed E-state index contributed by atoms with van der Waals surface area (Å²) in [6, 6.07) is 2.76. The fourth-order valence-electron chi connectivity index (χ4n) is 2.58. The number of nitro benzene ring substituents is 1. The molecule has 2 rings (SSSR count). The molecule has 0 radical (unpaired) electrons. The second kappa shape index (κ2) is 5.77. The van der Waals surface area contributed by atoms with E-state index in [1.165, 1.54) is 6.07 Å². The Kier molecular flexibility index (Phi) is 4.22. The lowest BCUT2D eigenvalue weighted by atomic mass is 9.77. The number of nitrogens with zero attached hydrogens (tertiary/aromatic N) is 1. The Labute approximate surface area is 121 Å². The van der Waals surface area contributed by atoms with Gasteiger partial charge in [0.05, 0.1) is 22.7 Å². The van der Waals surface area contributed by atoms with Gasteiger partial charge in [-0.2, -0.15) is 0 Å². The van der Waals surface area contributed by atoms with Crippen LogP contribution in [0.4, 0.5) is 15.8 Å². The zero-order valence-electron chi connectivity index (χ0n) is 12.0. The van der Waals surface area contributed by atoms with E-state index in [1.54, 1.807) is 0 Å². The number of amides is 1. The number of nitrogens with one attached hydrogen (secondary N) is 2. The van der Waals surface area contributed by atoms with Crippen LogP contribution in [0.15, 0.2) is 18.2 Å². The van der Waals surface area contributed by atoms with Crippen molar-refractivity contribution >= 4 is 17.3 Å².